The third kappa shape index (κ3) is 42.8. The number of hydrogen-bond acceptors (Lipinski definition) is 1. The highest BCUT2D eigenvalue weighted by atomic mass is 16.4. The second kappa shape index (κ2) is 28.2. The summed E-state index contributed by atoms with van der Waals surface area (Å²) in [6.45, 7) is 13.3. The minimum atomic E-state index is -0.659. The summed E-state index contributed by atoms with van der Waals surface area (Å²) in [5.41, 5.74) is 0. The van der Waals surface area contributed by atoms with Crippen molar-refractivity contribution in [1.82, 2.24) is 0 Å². The predicted molar refractivity (Wildman–Crippen MR) is 100 cm³/mol. The molecule has 0 rings (SSSR count). The molecule has 0 fully saturated rings. The zero-order valence-corrected chi connectivity index (χ0v) is 15.4. The van der Waals surface area contributed by atoms with Crippen molar-refractivity contribution in [2.45, 2.75) is 97.8 Å². The molecule has 0 aliphatic heterocycles. The summed E-state index contributed by atoms with van der Waals surface area (Å²) in [7, 11) is 0. The van der Waals surface area contributed by atoms with Crippen molar-refractivity contribution in [2.75, 3.05) is 0 Å². The van der Waals surface area contributed by atoms with E-state index in [1.165, 1.54) is 44.9 Å². The van der Waals surface area contributed by atoms with Crippen LogP contribution in [0.25, 0.3) is 0 Å². The summed E-state index contributed by atoms with van der Waals surface area (Å²) < 4.78 is 0. The molecule has 2 nitrogen and oxygen atoms in total. The fourth-order valence-electron chi connectivity index (χ4n) is 1.59. The first-order chi connectivity index (χ1) is 10.6. The third-order valence-corrected chi connectivity index (χ3v) is 3.07. The Morgan fingerprint density at radius 1 is 0.773 bits per heavy atom. The van der Waals surface area contributed by atoms with Gasteiger partial charge in [-0.1, -0.05) is 84.3 Å². The summed E-state index contributed by atoms with van der Waals surface area (Å²) in [4.78, 5) is 10.2. The average Bonchev–Trinajstić information content (AvgIpc) is 2.53. The molecule has 22 heavy (non-hydrogen) atoms. The van der Waals surface area contributed by atoms with Crippen molar-refractivity contribution in [3.63, 3.8) is 0 Å². The van der Waals surface area contributed by atoms with Crippen LogP contribution in [-0.2, 0) is 4.79 Å². The largest absolute Gasteiger partial charge is 0.481 e. The van der Waals surface area contributed by atoms with Crippen LogP contribution in [0.2, 0.25) is 0 Å². The summed E-state index contributed by atoms with van der Waals surface area (Å²) in [6.07, 6.45) is 17.4. The smallest absolute Gasteiger partial charge is 0.303 e. The van der Waals surface area contributed by atoms with Gasteiger partial charge >= 0.3 is 5.97 Å². The minimum Gasteiger partial charge on any atom is -0.481 e. The number of allylic oxidation sites excluding steroid dienone is 2. The molecule has 0 aliphatic carbocycles. The Hall–Kier alpha value is -1.05. The summed E-state index contributed by atoms with van der Waals surface area (Å²) >= 11 is 0. The molecule has 0 saturated heterocycles. The van der Waals surface area contributed by atoms with E-state index in [4.69, 9.17) is 5.11 Å². The minimum absolute atomic E-state index is 0.343. The molecule has 0 heterocycles. The maximum Gasteiger partial charge on any atom is 0.303 e. The Kier molecular flexibility index (Phi) is 33.1. The van der Waals surface area contributed by atoms with E-state index in [2.05, 4.69) is 33.9 Å². The number of carboxylic acid groups (broad SMARTS) is 1. The molecule has 2 heteroatoms. The first-order valence-electron chi connectivity index (χ1n) is 9.04. The average molecular weight is 313 g/mol. The highest BCUT2D eigenvalue weighted by Gasteiger charge is 1.96. The van der Waals surface area contributed by atoms with Crippen molar-refractivity contribution in [1.29, 1.82) is 0 Å². The summed E-state index contributed by atoms with van der Waals surface area (Å²) in [5, 5.41) is 8.41. The summed E-state index contributed by atoms with van der Waals surface area (Å²) in [5.74, 6) is -0.659. The van der Waals surface area contributed by atoms with E-state index in [1.807, 2.05) is 12.2 Å². The number of hydrogen-bond donors (Lipinski definition) is 1. The van der Waals surface area contributed by atoms with Gasteiger partial charge in [0.1, 0.15) is 0 Å². The Bertz CT molecular complexity index is 214. The van der Waals surface area contributed by atoms with E-state index in [-0.39, 0.29) is 0 Å². The predicted octanol–water partition coefficient (Wildman–Crippen LogP) is 7.16. The van der Waals surface area contributed by atoms with Crippen LogP contribution in [0.5, 0.6) is 0 Å². The van der Waals surface area contributed by atoms with Crippen LogP contribution in [-0.4, -0.2) is 11.1 Å². The molecule has 0 saturated carbocycles. The number of aliphatic carboxylic acids is 1. The van der Waals surface area contributed by atoms with E-state index in [0.29, 0.717) is 6.42 Å². The number of carboxylic acids is 1. The van der Waals surface area contributed by atoms with Gasteiger partial charge in [0.2, 0.25) is 0 Å². The topological polar surface area (TPSA) is 37.3 Å². The van der Waals surface area contributed by atoms with Crippen LogP contribution in [0.1, 0.15) is 97.8 Å². The number of rotatable bonds is 12. The Morgan fingerprint density at radius 3 is 1.36 bits per heavy atom. The summed E-state index contributed by atoms with van der Waals surface area (Å²) in [6, 6.07) is 0. The molecule has 0 spiro atoms. The lowest BCUT2D eigenvalue weighted by Crippen LogP contribution is -1.93. The van der Waals surface area contributed by atoms with Gasteiger partial charge < -0.3 is 5.11 Å². The first-order valence-corrected chi connectivity index (χ1v) is 9.04. The molecule has 0 amide bonds. The van der Waals surface area contributed by atoms with Gasteiger partial charge in [0, 0.05) is 6.42 Å². The van der Waals surface area contributed by atoms with Gasteiger partial charge in [0.25, 0.3) is 0 Å². The van der Waals surface area contributed by atoms with E-state index in [9.17, 15) is 4.79 Å². The first kappa shape index (κ1) is 25.9. The van der Waals surface area contributed by atoms with E-state index < -0.39 is 5.97 Å². The van der Waals surface area contributed by atoms with Crippen molar-refractivity contribution >= 4 is 5.97 Å². The monoisotopic (exact) mass is 312 g/mol. The molecule has 1 N–H and O–H groups in total. The SMILES string of the molecule is C=CCC.C=CCC.CCCCCCCCCCCC(=O)O. The van der Waals surface area contributed by atoms with Crippen LogP contribution in [0.3, 0.4) is 0 Å². The third-order valence-electron chi connectivity index (χ3n) is 3.07. The molecule has 0 aromatic rings. The normalized spacial score (nSPS) is 8.86. The Labute approximate surface area is 139 Å². The lowest BCUT2D eigenvalue weighted by molar-refractivity contribution is -0.137. The van der Waals surface area contributed by atoms with Gasteiger partial charge in [-0.25, -0.2) is 0 Å². The van der Waals surface area contributed by atoms with Crippen molar-refractivity contribution in [3.8, 4) is 0 Å². The van der Waals surface area contributed by atoms with Crippen molar-refractivity contribution < 1.29 is 9.90 Å². The highest BCUT2D eigenvalue weighted by Crippen LogP contribution is 2.10. The van der Waals surface area contributed by atoms with E-state index in [1.54, 1.807) is 0 Å². The van der Waals surface area contributed by atoms with Crippen LogP contribution in [0.15, 0.2) is 25.3 Å². The highest BCUT2D eigenvalue weighted by molar-refractivity contribution is 5.66. The molecule has 0 aromatic heterocycles. The molecule has 0 aromatic carbocycles. The van der Waals surface area contributed by atoms with Gasteiger partial charge in [-0.3, -0.25) is 4.79 Å². The number of unbranched alkanes of at least 4 members (excludes halogenated alkanes) is 8. The van der Waals surface area contributed by atoms with Gasteiger partial charge in [-0.15, -0.1) is 13.2 Å². The van der Waals surface area contributed by atoms with Crippen molar-refractivity contribution in [3.05, 3.63) is 25.3 Å². The van der Waals surface area contributed by atoms with Gasteiger partial charge in [-0.05, 0) is 19.3 Å². The van der Waals surface area contributed by atoms with Crippen LogP contribution in [0.4, 0.5) is 0 Å². The maximum absolute atomic E-state index is 10.2. The number of carbonyl (C=O) groups is 1. The second-order valence-electron chi connectivity index (χ2n) is 5.37. The van der Waals surface area contributed by atoms with Gasteiger partial charge in [0.05, 0.1) is 0 Å². The van der Waals surface area contributed by atoms with E-state index in [0.717, 1.165) is 25.7 Å². The molecule has 0 atom stereocenters. The molecule has 0 bridgehead atoms. The quantitative estimate of drug-likeness (QED) is 0.306. The zero-order valence-electron chi connectivity index (χ0n) is 15.4. The molecule has 132 valence electrons. The molecular formula is C20H40O2. The van der Waals surface area contributed by atoms with Crippen molar-refractivity contribution in [2.24, 2.45) is 0 Å². The fraction of sp³-hybridized carbons (Fsp3) is 0.750. The zero-order chi connectivity index (χ0) is 17.5. The molecule has 0 aliphatic rings. The van der Waals surface area contributed by atoms with Crippen LogP contribution in [0, 0.1) is 0 Å². The Balaban J connectivity index is -0.000000372. The van der Waals surface area contributed by atoms with Crippen LogP contribution < -0.4 is 0 Å². The maximum atomic E-state index is 10.2. The lowest BCUT2D eigenvalue weighted by Gasteiger charge is -2.00. The van der Waals surface area contributed by atoms with Crippen LogP contribution >= 0.6 is 0 Å². The fourth-order valence-corrected chi connectivity index (χ4v) is 1.59. The lowest BCUT2D eigenvalue weighted by atomic mass is 10.1. The van der Waals surface area contributed by atoms with E-state index >= 15 is 0 Å². The molecular weight excluding hydrogens is 272 g/mol. The molecule has 0 unspecified atom stereocenters. The van der Waals surface area contributed by atoms with Gasteiger partial charge in [0.15, 0.2) is 0 Å². The second-order valence-corrected chi connectivity index (χ2v) is 5.37. The standard InChI is InChI=1S/C12H24O2.2C4H8/c1-2-3-4-5-6-7-8-9-10-11-12(13)14;2*1-3-4-2/h2-11H2,1H3,(H,13,14);2*3H,1,4H2,2H3. The Morgan fingerprint density at radius 2 is 1.09 bits per heavy atom. The molecule has 0 radical (unpaired) electrons. The van der Waals surface area contributed by atoms with Gasteiger partial charge in [-0.2, -0.15) is 0 Å².